The Balaban J connectivity index is 2.12. The normalized spacial score (nSPS) is 32.9. The van der Waals surface area contributed by atoms with Crippen LogP contribution in [0.25, 0.3) is 11.0 Å². The molecule has 8 nitrogen and oxygen atoms in total. The van der Waals surface area contributed by atoms with Crippen molar-refractivity contribution in [2.24, 2.45) is 0 Å². The highest BCUT2D eigenvalue weighted by Gasteiger charge is 2.53. The number of aliphatic hydroxyl groups is 2. The molecule has 1 fully saturated rings. The smallest absolute Gasteiger partial charge is 0.261 e. The van der Waals surface area contributed by atoms with Crippen molar-refractivity contribution in [1.82, 2.24) is 14.5 Å². The molecule has 3 rings (SSSR count). The molecular formula is C12H15FN4O4. The van der Waals surface area contributed by atoms with Gasteiger partial charge in [-0.1, -0.05) is 0 Å². The van der Waals surface area contributed by atoms with Gasteiger partial charge in [0.05, 0.1) is 12.0 Å². The Morgan fingerprint density at radius 3 is 3.00 bits per heavy atom. The fourth-order valence-electron chi connectivity index (χ4n) is 2.51. The Bertz CT molecular complexity index is 744. The molecule has 2 aromatic heterocycles. The first kappa shape index (κ1) is 14.0. The fraction of sp³-hybridized carbons (Fsp3) is 0.500. The van der Waals surface area contributed by atoms with E-state index in [1.54, 1.807) is 0 Å². The van der Waals surface area contributed by atoms with Gasteiger partial charge in [0.25, 0.3) is 5.56 Å². The zero-order valence-electron chi connectivity index (χ0n) is 11.2. The van der Waals surface area contributed by atoms with Gasteiger partial charge in [-0.3, -0.25) is 9.78 Å². The molecule has 4 atom stereocenters. The first-order valence-corrected chi connectivity index (χ1v) is 6.34. The van der Waals surface area contributed by atoms with Crippen LogP contribution in [0.5, 0.6) is 0 Å². The van der Waals surface area contributed by atoms with Crippen molar-refractivity contribution in [3.63, 3.8) is 0 Å². The number of nitrogen functional groups attached to an aromatic ring is 1. The number of H-pyrrole nitrogens is 1. The lowest BCUT2D eigenvalue weighted by Crippen LogP contribution is -2.42. The number of aromatic nitrogens is 3. The molecule has 1 aliphatic rings. The molecule has 3 unspecified atom stereocenters. The van der Waals surface area contributed by atoms with E-state index in [9.17, 15) is 19.4 Å². The monoisotopic (exact) mass is 298 g/mol. The van der Waals surface area contributed by atoms with Crippen LogP contribution in [0.2, 0.25) is 0 Å². The molecule has 114 valence electrons. The third-order valence-electron chi connectivity index (χ3n) is 3.78. The number of fused-ring (bicyclic) bond motifs is 1. The minimum absolute atomic E-state index is 0.105. The second kappa shape index (κ2) is 4.52. The summed E-state index contributed by atoms with van der Waals surface area (Å²) >= 11 is 0. The highest BCUT2D eigenvalue weighted by Crippen LogP contribution is 2.39. The average molecular weight is 298 g/mol. The molecule has 0 aliphatic carbocycles. The summed E-state index contributed by atoms with van der Waals surface area (Å²) in [5, 5.41) is 19.4. The number of nitrogens with one attached hydrogen (secondary N) is 1. The maximum Gasteiger partial charge on any atom is 0.261 e. The summed E-state index contributed by atoms with van der Waals surface area (Å²) in [6, 6.07) is 1.46. The minimum atomic E-state index is -1.78. The van der Waals surface area contributed by atoms with Gasteiger partial charge < -0.3 is 25.3 Å². The van der Waals surface area contributed by atoms with Crippen molar-refractivity contribution >= 4 is 17.0 Å². The minimum Gasteiger partial charge on any atom is -0.393 e. The number of nitrogens with zero attached hydrogens (tertiary/aromatic N) is 2. The third kappa shape index (κ3) is 1.93. The van der Waals surface area contributed by atoms with E-state index in [2.05, 4.69) is 9.97 Å². The van der Waals surface area contributed by atoms with Crippen LogP contribution < -0.4 is 11.3 Å². The summed E-state index contributed by atoms with van der Waals surface area (Å²) in [6.45, 7) is 0.866. The molecule has 0 amide bonds. The molecule has 0 spiro atoms. The number of halogens is 1. The number of alkyl halides is 1. The Morgan fingerprint density at radius 1 is 1.67 bits per heavy atom. The number of ether oxygens (including phenoxy) is 1. The number of nitrogens with two attached hydrogens (primary N) is 1. The van der Waals surface area contributed by atoms with Crippen LogP contribution in [-0.2, 0) is 4.74 Å². The molecule has 0 radical (unpaired) electrons. The van der Waals surface area contributed by atoms with Gasteiger partial charge >= 0.3 is 0 Å². The van der Waals surface area contributed by atoms with Gasteiger partial charge in [0.1, 0.15) is 11.7 Å². The largest absolute Gasteiger partial charge is 0.393 e. The second-order valence-corrected chi connectivity index (χ2v) is 5.28. The number of aromatic amines is 1. The van der Waals surface area contributed by atoms with Crippen LogP contribution in [0.3, 0.4) is 0 Å². The number of rotatable bonds is 2. The summed E-state index contributed by atoms with van der Waals surface area (Å²) < 4.78 is 21.0. The van der Waals surface area contributed by atoms with Gasteiger partial charge in [0.2, 0.25) is 5.95 Å². The van der Waals surface area contributed by atoms with E-state index >= 15 is 0 Å². The first-order chi connectivity index (χ1) is 9.87. The Hall–Kier alpha value is -1.97. The van der Waals surface area contributed by atoms with Crippen LogP contribution in [-0.4, -0.2) is 49.2 Å². The number of anilines is 1. The number of hydrogen-bond acceptors (Lipinski definition) is 6. The van der Waals surface area contributed by atoms with Crippen LogP contribution in [0.15, 0.2) is 17.1 Å². The highest BCUT2D eigenvalue weighted by atomic mass is 19.1. The summed E-state index contributed by atoms with van der Waals surface area (Å²) in [4.78, 5) is 18.1. The standard InChI is InChI=1S/C12H15FN4O4/c1-12(4-18)7(19)6(13)10(21-12)17-3-2-5-8(17)15-11(14)16-9(5)20/h2-3,6-7,10,18-19H,4H2,1H3,(H3,14,15,16,20)/t6?,7?,10-,12?/m1/s1. The van der Waals surface area contributed by atoms with Crippen LogP contribution in [0, 0.1) is 0 Å². The predicted molar refractivity (Wildman–Crippen MR) is 71.3 cm³/mol. The van der Waals surface area contributed by atoms with E-state index < -0.39 is 36.3 Å². The topological polar surface area (TPSA) is 126 Å². The van der Waals surface area contributed by atoms with E-state index in [4.69, 9.17) is 10.5 Å². The Kier molecular flexibility index (Phi) is 3.01. The van der Waals surface area contributed by atoms with E-state index in [1.807, 2.05) is 0 Å². The molecule has 1 aliphatic heterocycles. The zero-order valence-corrected chi connectivity index (χ0v) is 11.2. The van der Waals surface area contributed by atoms with Crippen molar-refractivity contribution < 1.29 is 19.3 Å². The lowest BCUT2D eigenvalue weighted by molar-refractivity contribution is -0.115. The quantitative estimate of drug-likeness (QED) is 0.580. The molecule has 21 heavy (non-hydrogen) atoms. The van der Waals surface area contributed by atoms with Crippen molar-refractivity contribution in [3.05, 3.63) is 22.6 Å². The molecule has 5 N–H and O–H groups in total. The summed E-state index contributed by atoms with van der Waals surface area (Å²) in [7, 11) is 0. The summed E-state index contributed by atoms with van der Waals surface area (Å²) in [6.07, 6.45) is -3.05. The first-order valence-electron chi connectivity index (χ1n) is 6.34. The molecule has 9 heteroatoms. The molecule has 0 bridgehead atoms. The molecule has 2 aromatic rings. The lowest BCUT2D eigenvalue weighted by atomic mass is 9.99. The highest BCUT2D eigenvalue weighted by molar-refractivity contribution is 5.76. The zero-order chi connectivity index (χ0) is 15.4. The van der Waals surface area contributed by atoms with Gasteiger partial charge in [-0.15, -0.1) is 0 Å². The Morgan fingerprint density at radius 2 is 2.38 bits per heavy atom. The average Bonchev–Trinajstić information content (AvgIpc) is 2.95. The van der Waals surface area contributed by atoms with Crippen LogP contribution >= 0.6 is 0 Å². The second-order valence-electron chi connectivity index (χ2n) is 5.28. The van der Waals surface area contributed by atoms with E-state index in [1.165, 1.54) is 23.8 Å². The van der Waals surface area contributed by atoms with Crippen LogP contribution in [0.1, 0.15) is 13.2 Å². The van der Waals surface area contributed by atoms with Gasteiger partial charge in [0.15, 0.2) is 18.0 Å². The van der Waals surface area contributed by atoms with Crippen molar-refractivity contribution in [1.29, 1.82) is 0 Å². The summed E-state index contributed by atoms with van der Waals surface area (Å²) in [5.74, 6) is -0.105. The molecule has 0 saturated carbocycles. The van der Waals surface area contributed by atoms with Gasteiger partial charge in [-0.25, -0.2) is 4.39 Å². The predicted octanol–water partition coefficient (Wildman–Crippen LogP) is -0.714. The summed E-state index contributed by atoms with van der Waals surface area (Å²) in [5.41, 5.74) is 3.77. The van der Waals surface area contributed by atoms with Crippen LogP contribution in [0.4, 0.5) is 10.3 Å². The molecular weight excluding hydrogens is 283 g/mol. The maximum absolute atomic E-state index is 14.3. The van der Waals surface area contributed by atoms with Gasteiger partial charge in [-0.2, -0.15) is 4.98 Å². The van der Waals surface area contributed by atoms with E-state index in [0.717, 1.165) is 0 Å². The van der Waals surface area contributed by atoms with Gasteiger partial charge in [-0.05, 0) is 13.0 Å². The number of hydrogen-bond donors (Lipinski definition) is 4. The van der Waals surface area contributed by atoms with Gasteiger partial charge in [0, 0.05) is 6.20 Å². The van der Waals surface area contributed by atoms with Crippen molar-refractivity contribution in [3.8, 4) is 0 Å². The molecule has 0 aromatic carbocycles. The lowest BCUT2D eigenvalue weighted by Gasteiger charge is -2.24. The molecule has 1 saturated heterocycles. The Labute approximate surface area is 118 Å². The van der Waals surface area contributed by atoms with Crippen molar-refractivity contribution in [2.45, 2.75) is 31.0 Å². The van der Waals surface area contributed by atoms with E-state index in [-0.39, 0.29) is 17.0 Å². The fourth-order valence-corrected chi connectivity index (χ4v) is 2.51. The van der Waals surface area contributed by atoms with E-state index in [0.29, 0.717) is 0 Å². The molecule has 3 heterocycles. The maximum atomic E-state index is 14.3. The van der Waals surface area contributed by atoms with Crippen molar-refractivity contribution in [2.75, 3.05) is 12.3 Å². The number of aliphatic hydroxyl groups excluding tert-OH is 2. The SMILES string of the molecule is CC1(CO)O[C@@H](n2ccc3c(=O)[nH]c(N)nc32)C(F)C1O. The third-order valence-corrected chi connectivity index (χ3v) is 3.78.